The number of carbonyl (C=O) groups is 1. The Balaban J connectivity index is 1.85. The summed E-state index contributed by atoms with van der Waals surface area (Å²) in [5.41, 5.74) is 3.15. The summed E-state index contributed by atoms with van der Waals surface area (Å²) in [6.07, 6.45) is 2.76. The molecule has 3 rings (SSSR count). The summed E-state index contributed by atoms with van der Waals surface area (Å²) in [5, 5.41) is 8.15. The van der Waals surface area contributed by atoms with E-state index in [9.17, 15) is 4.79 Å². The zero-order valence-electron chi connectivity index (χ0n) is 14.9. The molecule has 0 radical (unpaired) electrons. The van der Waals surface area contributed by atoms with Gasteiger partial charge in [-0.05, 0) is 56.4 Å². The number of benzene rings is 1. The quantitative estimate of drug-likeness (QED) is 0.470. The molecule has 6 nitrogen and oxygen atoms in total. The number of anilines is 2. The van der Waals surface area contributed by atoms with Crippen LogP contribution < -0.4 is 5.32 Å². The maximum absolute atomic E-state index is 11.4. The molecule has 2 aromatic heterocycles. The van der Waals surface area contributed by atoms with Crippen LogP contribution in [-0.2, 0) is 0 Å². The molecule has 1 aromatic carbocycles. The summed E-state index contributed by atoms with van der Waals surface area (Å²) in [5.74, 6) is 2.22. The fraction of sp³-hybridized carbons (Fsp3) is 0.263. The van der Waals surface area contributed by atoms with Crippen LogP contribution in [0.15, 0.2) is 46.1 Å². The molecule has 7 heteroatoms. The summed E-state index contributed by atoms with van der Waals surface area (Å²) in [7, 11) is 0. The minimum atomic E-state index is 0.0369. The van der Waals surface area contributed by atoms with Crippen molar-refractivity contribution < 1.29 is 9.32 Å². The zero-order chi connectivity index (χ0) is 18.5. The Morgan fingerprint density at radius 1 is 1.23 bits per heavy atom. The van der Waals surface area contributed by atoms with E-state index in [1.807, 2.05) is 25.1 Å². The molecule has 26 heavy (non-hydrogen) atoms. The second-order valence-electron chi connectivity index (χ2n) is 5.79. The number of thioether (sulfide) groups is 1. The van der Waals surface area contributed by atoms with E-state index < -0.39 is 0 Å². The summed E-state index contributed by atoms with van der Waals surface area (Å²) in [6.45, 7) is 5.56. The number of nitrogens with one attached hydrogen (secondary N) is 1. The minimum absolute atomic E-state index is 0.0369. The van der Waals surface area contributed by atoms with Gasteiger partial charge in [-0.25, -0.2) is 9.97 Å². The van der Waals surface area contributed by atoms with Gasteiger partial charge in [-0.1, -0.05) is 12.1 Å². The molecule has 0 unspecified atom stereocenters. The minimum Gasteiger partial charge on any atom is -0.360 e. The van der Waals surface area contributed by atoms with E-state index in [0.717, 1.165) is 39.9 Å². The predicted molar refractivity (Wildman–Crippen MR) is 103 cm³/mol. The summed E-state index contributed by atoms with van der Waals surface area (Å²) in [4.78, 5) is 20.2. The number of nitrogens with zero attached hydrogens (tertiary/aromatic N) is 3. The monoisotopic (exact) mass is 368 g/mol. The first-order valence-corrected chi connectivity index (χ1v) is 9.37. The highest BCUT2D eigenvalue weighted by Gasteiger charge is 2.17. The highest BCUT2D eigenvalue weighted by atomic mass is 32.2. The molecule has 3 aromatic rings. The van der Waals surface area contributed by atoms with Crippen LogP contribution in [0.2, 0.25) is 0 Å². The van der Waals surface area contributed by atoms with Crippen molar-refractivity contribution in [2.45, 2.75) is 32.2 Å². The molecular weight excluding hydrogens is 348 g/mol. The van der Waals surface area contributed by atoms with Crippen LogP contribution in [0.5, 0.6) is 0 Å². The standard InChI is InChI=1S/C19H20N4O2S/c1-4-11-26-18-17(13(3)25-23-18)16-9-10-20-19(22-16)21-15-7-5-14(6-8-15)12(2)24/h5-10H,4,11H2,1-3H3,(H,20,21,22). The van der Waals surface area contributed by atoms with Crippen molar-refractivity contribution in [2.75, 3.05) is 11.1 Å². The highest BCUT2D eigenvalue weighted by Crippen LogP contribution is 2.33. The lowest BCUT2D eigenvalue weighted by atomic mass is 10.1. The van der Waals surface area contributed by atoms with E-state index in [0.29, 0.717) is 11.5 Å². The molecule has 0 atom stereocenters. The molecular formula is C19H20N4O2S. The van der Waals surface area contributed by atoms with Gasteiger partial charge in [-0.3, -0.25) is 4.79 Å². The maximum Gasteiger partial charge on any atom is 0.227 e. The SMILES string of the molecule is CCCSc1noc(C)c1-c1ccnc(Nc2ccc(C(C)=O)cc2)n1. The second-order valence-corrected chi connectivity index (χ2v) is 6.88. The topological polar surface area (TPSA) is 80.9 Å². The smallest absolute Gasteiger partial charge is 0.227 e. The molecule has 0 fully saturated rings. The van der Waals surface area contributed by atoms with Crippen molar-refractivity contribution >= 4 is 29.2 Å². The van der Waals surface area contributed by atoms with Gasteiger partial charge in [0.25, 0.3) is 0 Å². The first-order valence-electron chi connectivity index (χ1n) is 8.39. The Kier molecular flexibility index (Phi) is 5.68. The van der Waals surface area contributed by atoms with Crippen LogP contribution >= 0.6 is 11.8 Å². The van der Waals surface area contributed by atoms with Gasteiger partial charge < -0.3 is 9.84 Å². The van der Waals surface area contributed by atoms with Crippen LogP contribution in [0.25, 0.3) is 11.3 Å². The van der Waals surface area contributed by atoms with Crippen molar-refractivity contribution in [3.05, 3.63) is 47.9 Å². The molecule has 1 N–H and O–H groups in total. The van der Waals surface area contributed by atoms with Crippen LogP contribution in [0.1, 0.15) is 36.4 Å². The Morgan fingerprint density at radius 2 is 2.00 bits per heavy atom. The van der Waals surface area contributed by atoms with E-state index in [1.165, 1.54) is 0 Å². The Morgan fingerprint density at radius 3 is 2.69 bits per heavy atom. The van der Waals surface area contributed by atoms with E-state index in [-0.39, 0.29) is 5.78 Å². The lowest BCUT2D eigenvalue weighted by Crippen LogP contribution is -1.99. The number of hydrogen-bond acceptors (Lipinski definition) is 7. The fourth-order valence-electron chi connectivity index (χ4n) is 2.41. The lowest BCUT2D eigenvalue weighted by molar-refractivity contribution is 0.101. The molecule has 0 aliphatic rings. The number of carbonyl (C=O) groups excluding carboxylic acids is 1. The molecule has 0 saturated carbocycles. The van der Waals surface area contributed by atoms with Gasteiger partial charge in [0, 0.05) is 17.4 Å². The predicted octanol–water partition coefficient (Wildman–Crippen LogP) is 4.89. The number of hydrogen-bond donors (Lipinski definition) is 1. The van der Waals surface area contributed by atoms with E-state index in [1.54, 1.807) is 37.0 Å². The van der Waals surface area contributed by atoms with E-state index >= 15 is 0 Å². The van der Waals surface area contributed by atoms with Crippen molar-refractivity contribution in [3.8, 4) is 11.3 Å². The van der Waals surface area contributed by atoms with Gasteiger partial charge in [-0.2, -0.15) is 0 Å². The number of Topliss-reactive ketones (excluding diaryl/α,β-unsaturated/α-hetero) is 1. The highest BCUT2D eigenvalue weighted by molar-refractivity contribution is 7.99. The van der Waals surface area contributed by atoms with Crippen LogP contribution in [0.3, 0.4) is 0 Å². The number of ketones is 1. The average molecular weight is 368 g/mol. The Hall–Kier alpha value is -2.67. The van der Waals surface area contributed by atoms with Crippen LogP contribution in [0, 0.1) is 6.92 Å². The summed E-state index contributed by atoms with van der Waals surface area (Å²) in [6, 6.07) is 9.07. The molecule has 0 spiro atoms. The summed E-state index contributed by atoms with van der Waals surface area (Å²) < 4.78 is 5.36. The first-order chi connectivity index (χ1) is 12.6. The molecule has 0 aliphatic heterocycles. The first kappa shape index (κ1) is 18.1. The van der Waals surface area contributed by atoms with Crippen molar-refractivity contribution in [1.82, 2.24) is 15.1 Å². The third-order valence-corrected chi connectivity index (χ3v) is 4.90. The van der Waals surface area contributed by atoms with Gasteiger partial charge >= 0.3 is 0 Å². The van der Waals surface area contributed by atoms with Crippen molar-refractivity contribution in [2.24, 2.45) is 0 Å². The molecule has 134 valence electrons. The van der Waals surface area contributed by atoms with Gasteiger partial charge in [0.15, 0.2) is 5.78 Å². The molecule has 0 aliphatic carbocycles. The van der Waals surface area contributed by atoms with Crippen molar-refractivity contribution in [1.29, 1.82) is 0 Å². The molecule has 0 amide bonds. The normalized spacial score (nSPS) is 10.7. The molecule has 0 saturated heterocycles. The van der Waals surface area contributed by atoms with Gasteiger partial charge in [0.1, 0.15) is 10.8 Å². The van der Waals surface area contributed by atoms with Gasteiger partial charge in [0.2, 0.25) is 5.95 Å². The molecule has 2 heterocycles. The maximum atomic E-state index is 11.4. The zero-order valence-corrected chi connectivity index (χ0v) is 15.8. The lowest BCUT2D eigenvalue weighted by Gasteiger charge is -2.07. The summed E-state index contributed by atoms with van der Waals surface area (Å²) >= 11 is 1.66. The number of rotatable bonds is 7. The Bertz CT molecular complexity index is 906. The third-order valence-electron chi connectivity index (χ3n) is 3.73. The van der Waals surface area contributed by atoms with Gasteiger partial charge in [-0.15, -0.1) is 11.8 Å². The fourth-order valence-corrected chi connectivity index (χ4v) is 3.29. The van der Waals surface area contributed by atoms with Crippen LogP contribution in [-0.4, -0.2) is 26.7 Å². The molecule has 0 bridgehead atoms. The largest absolute Gasteiger partial charge is 0.360 e. The Labute approximate surface area is 156 Å². The third kappa shape index (κ3) is 4.11. The van der Waals surface area contributed by atoms with E-state index in [4.69, 9.17) is 4.52 Å². The van der Waals surface area contributed by atoms with Crippen LogP contribution in [0.4, 0.5) is 11.6 Å². The van der Waals surface area contributed by atoms with Crippen molar-refractivity contribution in [3.63, 3.8) is 0 Å². The number of aromatic nitrogens is 3. The van der Waals surface area contributed by atoms with E-state index in [2.05, 4.69) is 27.4 Å². The average Bonchev–Trinajstić information content (AvgIpc) is 3.01. The second kappa shape index (κ2) is 8.14. The van der Waals surface area contributed by atoms with Gasteiger partial charge in [0.05, 0.1) is 11.3 Å². The number of aryl methyl sites for hydroxylation is 1.